The lowest BCUT2D eigenvalue weighted by Crippen LogP contribution is -2.45. The van der Waals surface area contributed by atoms with Crippen LogP contribution in [0.5, 0.6) is 0 Å². The Bertz CT molecular complexity index is 1140. The van der Waals surface area contributed by atoms with Crippen LogP contribution >= 0.6 is 0 Å². The number of aliphatic hydroxyl groups is 2. The number of amides is 1. The fourth-order valence-electron chi connectivity index (χ4n) is 11.2. The fraction of sp³-hybridized carbons (Fsp3) is 0.943. The summed E-state index contributed by atoms with van der Waals surface area (Å²) in [6.45, 7) is 4.95. The van der Waals surface area contributed by atoms with Crippen LogP contribution in [-0.4, -0.2) is 47.4 Å². The van der Waals surface area contributed by atoms with Gasteiger partial charge < -0.3 is 20.3 Å². The highest BCUT2D eigenvalue weighted by molar-refractivity contribution is 5.76. The number of allylic oxidation sites excluding steroid dienone is 1. The van der Waals surface area contributed by atoms with Crippen LogP contribution in [0.3, 0.4) is 0 Å². The number of carbonyl (C=O) groups excluding carboxylic acids is 2. The molecule has 0 fully saturated rings. The zero-order chi connectivity index (χ0) is 55.0. The molecule has 0 aliphatic carbocycles. The van der Waals surface area contributed by atoms with Crippen LogP contribution in [0, 0.1) is 0 Å². The molecule has 0 aromatic rings. The van der Waals surface area contributed by atoms with Gasteiger partial charge in [-0.25, -0.2) is 0 Å². The standard InChI is InChI=1S/C70H137NO5/c1-3-5-7-9-11-13-15-17-19-35-38-42-46-50-54-58-62-68(73)67(66-72)71-69(74)63-59-55-51-47-43-39-36-33-31-29-27-25-23-21-20-22-24-26-28-30-32-34-37-41-45-49-53-57-61-65-76-70(75)64-60-56-52-48-44-40-18-16-14-12-10-8-6-4-2/h58,62,67-68,72-73H,3-57,59-61,63-66H2,1-2H3,(H,71,74)/b62-58+. The van der Waals surface area contributed by atoms with Crippen molar-refractivity contribution >= 4 is 11.9 Å². The van der Waals surface area contributed by atoms with Gasteiger partial charge in [-0.1, -0.05) is 366 Å². The second-order valence-corrected chi connectivity index (χ2v) is 24.2. The van der Waals surface area contributed by atoms with Gasteiger partial charge in [0.05, 0.1) is 25.4 Å². The average Bonchev–Trinajstić information content (AvgIpc) is 3.42. The third-order valence-corrected chi connectivity index (χ3v) is 16.6. The molecule has 0 saturated carbocycles. The van der Waals surface area contributed by atoms with Gasteiger partial charge in [-0.15, -0.1) is 0 Å². The first-order valence-electron chi connectivity index (χ1n) is 35.0. The minimum atomic E-state index is -0.841. The van der Waals surface area contributed by atoms with Gasteiger partial charge in [0.25, 0.3) is 0 Å². The Labute approximate surface area is 476 Å². The minimum Gasteiger partial charge on any atom is -0.466 e. The van der Waals surface area contributed by atoms with E-state index in [4.69, 9.17) is 4.74 Å². The van der Waals surface area contributed by atoms with E-state index in [0.717, 1.165) is 38.5 Å². The van der Waals surface area contributed by atoms with Crippen LogP contribution in [0.1, 0.15) is 399 Å². The largest absolute Gasteiger partial charge is 0.466 e. The van der Waals surface area contributed by atoms with Gasteiger partial charge in [-0.05, 0) is 32.1 Å². The molecular weight excluding hydrogens is 935 g/mol. The fourth-order valence-corrected chi connectivity index (χ4v) is 11.2. The molecule has 1 amide bonds. The SMILES string of the molecule is CCCCCCCCCCCCCCCC/C=C/C(O)C(CO)NC(=O)CCCCCCCCCCCCCCCCCCCCCCCCCCCCCCCOC(=O)CCCCCCCCCCCCCCCC. The molecule has 76 heavy (non-hydrogen) atoms. The predicted octanol–water partition coefficient (Wildman–Crippen LogP) is 22.4. The van der Waals surface area contributed by atoms with Gasteiger partial charge in [0.1, 0.15) is 0 Å². The van der Waals surface area contributed by atoms with Gasteiger partial charge >= 0.3 is 5.97 Å². The molecular formula is C70H137NO5. The van der Waals surface area contributed by atoms with Crippen molar-refractivity contribution < 1.29 is 24.5 Å². The maximum atomic E-state index is 12.5. The summed E-state index contributed by atoms with van der Waals surface area (Å²) in [6, 6.07) is -0.624. The molecule has 0 heterocycles. The average molecular weight is 1070 g/mol. The van der Waals surface area contributed by atoms with Gasteiger partial charge in [0.15, 0.2) is 0 Å². The second-order valence-electron chi connectivity index (χ2n) is 24.2. The van der Waals surface area contributed by atoms with Crippen molar-refractivity contribution in [3.05, 3.63) is 12.2 Å². The van der Waals surface area contributed by atoms with Crippen molar-refractivity contribution in [2.75, 3.05) is 13.2 Å². The summed E-state index contributed by atoms with van der Waals surface area (Å²) >= 11 is 0. The smallest absolute Gasteiger partial charge is 0.305 e. The Hall–Kier alpha value is -1.40. The molecule has 0 saturated heterocycles. The van der Waals surface area contributed by atoms with E-state index in [1.807, 2.05) is 6.08 Å². The van der Waals surface area contributed by atoms with Crippen LogP contribution < -0.4 is 5.32 Å². The Kier molecular flexibility index (Phi) is 64.9. The Morgan fingerprint density at radius 1 is 0.355 bits per heavy atom. The van der Waals surface area contributed by atoms with E-state index in [2.05, 4.69) is 19.2 Å². The molecule has 3 N–H and O–H groups in total. The predicted molar refractivity (Wildman–Crippen MR) is 333 cm³/mol. The lowest BCUT2D eigenvalue weighted by molar-refractivity contribution is -0.143. The molecule has 2 atom stereocenters. The quantitative estimate of drug-likeness (QED) is 0.0320. The van der Waals surface area contributed by atoms with Crippen molar-refractivity contribution in [1.29, 1.82) is 0 Å². The number of hydrogen-bond acceptors (Lipinski definition) is 5. The maximum Gasteiger partial charge on any atom is 0.305 e. The highest BCUT2D eigenvalue weighted by Gasteiger charge is 2.18. The topological polar surface area (TPSA) is 95.9 Å². The van der Waals surface area contributed by atoms with E-state index in [9.17, 15) is 19.8 Å². The van der Waals surface area contributed by atoms with Crippen molar-refractivity contribution in [3.63, 3.8) is 0 Å². The number of rotatable bonds is 66. The molecule has 0 aliphatic heterocycles. The Morgan fingerprint density at radius 2 is 0.605 bits per heavy atom. The van der Waals surface area contributed by atoms with Crippen LogP contribution in [-0.2, 0) is 14.3 Å². The summed E-state index contributed by atoms with van der Waals surface area (Å²) in [5, 5.41) is 23.2. The Balaban J connectivity index is 3.34. The van der Waals surface area contributed by atoms with Crippen molar-refractivity contribution in [2.24, 2.45) is 0 Å². The number of hydrogen-bond donors (Lipinski definition) is 3. The first kappa shape index (κ1) is 74.6. The zero-order valence-electron chi connectivity index (χ0n) is 51.8. The third-order valence-electron chi connectivity index (χ3n) is 16.6. The van der Waals surface area contributed by atoms with Crippen LogP contribution in [0.15, 0.2) is 12.2 Å². The van der Waals surface area contributed by atoms with Crippen LogP contribution in [0.25, 0.3) is 0 Å². The van der Waals surface area contributed by atoms with E-state index in [1.165, 1.54) is 334 Å². The molecule has 0 aromatic heterocycles. The minimum absolute atomic E-state index is 0.0223. The highest BCUT2D eigenvalue weighted by Crippen LogP contribution is 2.19. The molecule has 0 rings (SSSR count). The van der Waals surface area contributed by atoms with Crippen molar-refractivity contribution in [1.82, 2.24) is 5.32 Å². The number of aliphatic hydroxyl groups excluding tert-OH is 2. The number of esters is 1. The lowest BCUT2D eigenvalue weighted by atomic mass is 10.0. The first-order valence-corrected chi connectivity index (χ1v) is 35.0. The summed E-state index contributed by atoms with van der Waals surface area (Å²) in [4.78, 5) is 24.6. The molecule has 6 heteroatoms. The van der Waals surface area contributed by atoms with Crippen LogP contribution in [0.2, 0.25) is 0 Å². The van der Waals surface area contributed by atoms with Crippen LogP contribution in [0.4, 0.5) is 0 Å². The third kappa shape index (κ3) is 61.8. The molecule has 0 spiro atoms. The normalized spacial score (nSPS) is 12.5. The van der Waals surface area contributed by atoms with Gasteiger partial charge in [0.2, 0.25) is 5.91 Å². The van der Waals surface area contributed by atoms with Gasteiger partial charge in [0, 0.05) is 12.8 Å². The summed E-state index contributed by atoms with van der Waals surface area (Å²) in [5.41, 5.74) is 0. The second kappa shape index (κ2) is 66.1. The zero-order valence-corrected chi connectivity index (χ0v) is 51.8. The van der Waals surface area contributed by atoms with E-state index in [0.29, 0.717) is 19.4 Å². The summed E-state index contributed by atoms with van der Waals surface area (Å²) < 4.78 is 5.50. The van der Waals surface area contributed by atoms with Gasteiger partial charge in [-0.2, -0.15) is 0 Å². The number of unbranched alkanes of at least 4 members (excludes halogenated alkanes) is 55. The van der Waals surface area contributed by atoms with E-state index < -0.39 is 12.1 Å². The summed E-state index contributed by atoms with van der Waals surface area (Å²) in [7, 11) is 0. The Morgan fingerprint density at radius 3 is 0.895 bits per heavy atom. The van der Waals surface area contributed by atoms with Gasteiger partial charge in [-0.3, -0.25) is 9.59 Å². The maximum absolute atomic E-state index is 12.5. The van der Waals surface area contributed by atoms with Crippen molar-refractivity contribution in [2.45, 2.75) is 411 Å². The summed E-state index contributed by atoms with van der Waals surface area (Å²) in [6.07, 6.45) is 81.5. The first-order chi connectivity index (χ1) is 37.5. The van der Waals surface area contributed by atoms with E-state index in [-0.39, 0.29) is 18.5 Å². The molecule has 0 aliphatic rings. The highest BCUT2D eigenvalue weighted by atomic mass is 16.5. The monoisotopic (exact) mass is 1070 g/mol. The molecule has 0 bridgehead atoms. The molecule has 0 radical (unpaired) electrons. The molecule has 452 valence electrons. The number of nitrogens with one attached hydrogen (secondary N) is 1. The van der Waals surface area contributed by atoms with Crippen molar-refractivity contribution in [3.8, 4) is 0 Å². The number of ether oxygens (including phenoxy) is 1. The van der Waals surface area contributed by atoms with E-state index in [1.54, 1.807) is 6.08 Å². The molecule has 2 unspecified atom stereocenters. The summed E-state index contributed by atoms with van der Waals surface area (Å²) in [5.74, 6) is -0.0389. The van der Waals surface area contributed by atoms with E-state index >= 15 is 0 Å². The lowest BCUT2D eigenvalue weighted by Gasteiger charge is -2.20. The molecule has 0 aromatic carbocycles. The number of carbonyl (C=O) groups is 2. The molecule has 6 nitrogen and oxygen atoms in total.